The molecule has 82 valence electrons. The first-order chi connectivity index (χ1) is 6.91. The molecule has 0 aliphatic carbocycles. The Kier molecular flexibility index (Phi) is 3.21. The van der Waals surface area contributed by atoms with E-state index in [1.165, 1.54) is 0 Å². The molecule has 0 saturated heterocycles. The molecule has 0 atom stereocenters. The molecular formula is C8H11N3O2S2. The normalized spacial score (nSPS) is 11.0. The summed E-state index contributed by atoms with van der Waals surface area (Å²) in [4.78, 5) is 0.261. The van der Waals surface area contributed by atoms with Gasteiger partial charge in [-0.05, 0) is 6.92 Å². The van der Waals surface area contributed by atoms with Crippen LogP contribution in [0, 0.1) is 11.3 Å². The molecule has 0 radical (unpaired) electrons. The van der Waals surface area contributed by atoms with Crippen LogP contribution in [0.2, 0.25) is 0 Å². The summed E-state index contributed by atoms with van der Waals surface area (Å²) in [5.74, 6) is 0. The lowest BCUT2D eigenvalue weighted by Gasteiger charge is -2.03. The minimum Gasteiger partial charge on any atom is -0.396 e. The summed E-state index contributed by atoms with van der Waals surface area (Å²) in [6.07, 6.45) is 1.08. The molecule has 0 saturated carbocycles. The Balaban J connectivity index is 3.48. The SMILES string of the molecule is CCNc1sc(C#N)c(N)c1S(C)(=O)=O. The monoisotopic (exact) mass is 245 g/mol. The van der Waals surface area contributed by atoms with Crippen molar-refractivity contribution >= 4 is 31.9 Å². The summed E-state index contributed by atoms with van der Waals surface area (Å²) in [5.41, 5.74) is 5.64. The maximum atomic E-state index is 11.5. The lowest BCUT2D eigenvalue weighted by atomic mass is 10.4. The van der Waals surface area contributed by atoms with Gasteiger partial charge in [0.05, 0.1) is 5.69 Å². The quantitative estimate of drug-likeness (QED) is 0.829. The second kappa shape index (κ2) is 4.08. The van der Waals surface area contributed by atoms with E-state index in [0.29, 0.717) is 11.5 Å². The predicted octanol–water partition coefficient (Wildman–Crippen LogP) is 1.04. The van der Waals surface area contributed by atoms with Crippen molar-refractivity contribution in [3.05, 3.63) is 4.88 Å². The van der Waals surface area contributed by atoms with Crippen LogP contribution in [0.1, 0.15) is 11.8 Å². The van der Waals surface area contributed by atoms with Gasteiger partial charge < -0.3 is 11.1 Å². The lowest BCUT2D eigenvalue weighted by molar-refractivity contribution is 0.603. The van der Waals surface area contributed by atoms with E-state index in [9.17, 15) is 8.42 Å². The number of nitriles is 1. The Hall–Kier alpha value is -1.26. The number of hydrogen-bond acceptors (Lipinski definition) is 6. The van der Waals surface area contributed by atoms with Crippen LogP contribution in [0.25, 0.3) is 0 Å². The van der Waals surface area contributed by atoms with E-state index in [0.717, 1.165) is 17.6 Å². The zero-order chi connectivity index (χ0) is 11.6. The van der Waals surface area contributed by atoms with Crippen molar-refractivity contribution in [1.29, 1.82) is 5.26 Å². The van der Waals surface area contributed by atoms with Crippen LogP contribution in [0.4, 0.5) is 10.7 Å². The Morgan fingerprint density at radius 2 is 2.20 bits per heavy atom. The van der Waals surface area contributed by atoms with Crippen LogP contribution in [-0.2, 0) is 9.84 Å². The first-order valence-corrected chi connectivity index (χ1v) is 6.88. The number of hydrogen-bond donors (Lipinski definition) is 2. The fourth-order valence-corrected chi connectivity index (χ4v) is 3.59. The molecule has 0 amide bonds. The molecule has 0 aliphatic heterocycles. The molecule has 1 rings (SSSR count). The molecule has 0 spiro atoms. The van der Waals surface area contributed by atoms with Gasteiger partial charge in [-0.15, -0.1) is 11.3 Å². The van der Waals surface area contributed by atoms with Crippen LogP contribution in [0.15, 0.2) is 4.90 Å². The van der Waals surface area contributed by atoms with E-state index in [1.807, 2.05) is 13.0 Å². The van der Waals surface area contributed by atoms with Gasteiger partial charge in [0.25, 0.3) is 0 Å². The van der Waals surface area contributed by atoms with E-state index >= 15 is 0 Å². The van der Waals surface area contributed by atoms with Crippen LogP contribution in [0.3, 0.4) is 0 Å². The van der Waals surface area contributed by atoms with Crippen LogP contribution >= 0.6 is 11.3 Å². The summed E-state index contributed by atoms with van der Waals surface area (Å²) in [6.45, 7) is 2.42. The summed E-state index contributed by atoms with van der Waals surface area (Å²) in [7, 11) is -3.40. The molecule has 0 aromatic carbocycles. The number of rotatable bonds is 3. The van der Waals surface area contributed by atoms with Gasteiger partial charge >= 0.3 is 0 Å². The van der Waals surface area contributed by atoms with E-state index < -0.39 is 9.84 Å². The molecule has 15 heavy (non-hydrogen) atoms. The zero-order valence-electron chi connectivity index (χ0n) is 8.36. The molecular weight excluding hydrogens is 234 g/mol. The maximum absolute atomic E-state index is 11.5. The molecule has 3 N–H and O–H groups in total. The van der Waals surface area contributed by atoms with Gasteiger partial charge in [-0.1, -0.05) is 0 Å². The van der Waals surface area contributed by atoms with Crippen molar-refractivity contribution in [2.24, 2.45) is 0 Å². The predicted molar refractivity (Wildman–Crippen MR) is 60.7 cm³/mol. The highest BCUT2D eigenvalue weighted by Gasteiger charge is 2.23. The Morgan fingerprint density at radius 1 is 1.60 bits per heavy atom. The van der Waals surface area contributed by atoms with Crippen LogP contribution < -0.4 is 11.1 Å². The fraction of sp³-hybridized carbons (Fsp3) is 0.375. The van der Waals surface area contributed by atoms with Crippen molar-refractivity contribution in [3.63, 3.8) is 0 Å². The molecule has 0 unspecified atom stereocenters. The number of thiophene rings is 1. The fourth-order valence-electron chi connectivity index (χ4n) is 1.16. The van der Waals surface area contributed by atoms with Crippen molar-refractivity contribution in [1.82, 2.24) is 0 Å². The summed E-state index contributed by atoms with van der Waals surface area (Å²) in [5, 5.41) is 12.1. The van der Waals surface area contributed by atoms with Crippen LogP contribution in [0.5, 0.6) is 0 Å². The topological polar surface area (TPSA) is 96.0 Å². The Morgan fingerprint density at radius 3 is 2.60 bits per heavy atom. The van der Waals surface area contributed by atoms with Crippen molar-refractivity contribution in [3.8, 4) is 6.07 Å². The number of nitrogen functional groups attached to an aromatic ring is 1. The third kappa shape index (κ3) is 2.22. The van der Waals surface area contributed by atoms with Gasteiger partial charge in [0, 0.05) is 12.8 Å². The zero-order valence-corrected chi connectivity index (χ0v) is 10.00. The van der Waals surface area contributed by atoms with Gasteiger partial charge in [-0.3, -0.25) is 0 Å². The second-order valence-corrected chi connectivity index (χ2v) is 5.89. The van der Waals surface area contributed by atoms with Crippen molar-refractivity contribution in [2.75, 3.05) is 23.9 Å². The average Bonchev–Trinajstić information content (AvgIpc) is 2.42. The van der Waals surface area contributed by atoms with Gasteiger partial charge in [-0.25, -0.2) is 8.42 Å². The summed E-state index contributed by atoms with van der Waals surface area (Å²) < 4.78 is 22.9. The molecule has 5 nitrogen and oxygen atoms in total. The van der Waals surface area contributed by atoms with Gasteiger partial charge in [0.1, 0.15) is 20.8 Å². The summed E-state index contributed by atoms with van der Waals surface area (Å²) in [6, 6.07) is 1.88. The number of sulfone groups is 1. The van der Waals surface area contributed by atoms with Gasteiger partial charge in [0.2, 0.25) is 0 Å². The first-order valence-electron chi connectivity index (χ1n) is 4.18. The minimum atomic E-state index is -3.40. The average molecular weight is 245 g/mol. The first kappa shape index (κ1) is 11.8. The van der Waals surface area contributed by atoms with Gasteiger partial charge in [-0.2, -0.15) is 5.26 Å². The maximum Gasteiger partial charge on any atom is 0.180 e. The smallest absolute Gasteiger partial charge is 0.180 e. The van der Waals surface area contributed by atoms with E-state index in [1.54, 1.807) is 0 Å². The third-order valence-corrected chi connectivity index (χ3v) is 4.07. The largest absolute Gasteiger partial charge is 0.396 e. The molecule has 0 bridgehead atoms. The standard InChI is InChI=1S/C8H11N3O2S2/c1-3-11-8-7(15(2,12)13)6(10)5(4-9)14-8/h11H,3,10H2,1-2H3. The number of anilines is 2. The Bertz CT molecular complexity index is 511. The molecule has 1 aromatic heterocycles. The van der Waals surface area contributed by atoms with Crippen molar-refractivity contribution in [2.45, 2.75) is 11.8 Å². The number of nitrogens with zero attached hydrogens (tertiary/aromatic N) is 1. The van der Waals surface area contributed by atoms with Crippen LogP contribution in [-0.4, -0.2) is 21.2 Å². The number of nitrogens with one attached hydrogen (secondary N) is 1. The minimum absolute atomic E-state index is 0.0332. The molecule has 0 aliphatic rings. The van der Waals surface area contributed by atoms with E-state index in [4.69, 9.17) is 11.0 Å². The highest BCUT2D eigenvalue weighted by atomic mass is 32.2. The third-order valence-electron chi connectivity index (χ3n) is 1.71. The summed E-state index contributed by atoms with van der Waals surface area (Å²) >= 11 is 1.06. The van der Waals surface area contributed by atoms with E-state index in [2.05, 4.69) is 5.32 Å². The lowest BCUT2D eigenvalue weighted by Crippen LogP contribution is -2.05. The Labute approximate surface area is 92.4 Å². The molecule has 0 fully saturated rings. The highest BCUT2D eigenvalue weighted by Crippen LogP contribution is 2.38. The number of nitrogens with two attached hydrogens (primary N) is 1. The molecule has 7 heteroatoms. The molecule has 1 aromatic rings. The van der Waals surface area contributed by atoms with Gasteiger partial charge in [0.15, 0.2) is 9.84 Å². The van der Waals surface area contributed by atoms with Crippen molar-refractivity contribution < 1.29 is 8.42 Å². The molecule has 1 heterocycles. The highest BCUT2D eigenvalue weighted by molar-refractivity contribution is 7.91. The second-order valence-electron chi connectivity index (χ2n) is 2.92. The van der Waals surface area contributed by atoms with E-state index in [-0.39, 0.29) is 15.5 Å².